The van der Waals surface area contributed by atoms with Crippen molar-refractivity contribution in [2.75, 3.05) is 0 Å². The molecule has 3 rings (SSSR count). The lowest BCUT2D eigenvalue weighted by Gasteiger charge is -2.16. The molecular formula is C17H25NO. The maximum atomic E-state index is 6.33. The summed E-state index contributed by atoms with van der Waals surface area (Å²) in [5.74, 6) is 1.92. The van der Waals surface area contributed by atoms with Gasteiger partial charge in [0, 0.05) is 6.04 Å². The van der Waals surface area contributed by atoms with E-state index >= 15 is 0 Å². The van der Waals surface area contributed by atoms with E-state index < -0.39 is 0 Å². The van der Waals surface area contributed by atoms with Crippen LogP contribution in [0, 0.1) is 5.92 Å². The summed E-state index contributed by atoms with van der Waals surface area (Å²) in [6.07, 6.45) is 10.9. The Balaban J connectivity index is 1.53. The summed E-state index contributed by atoms with van der Waals surface area (Å²) >= 11 is 0. The van der Waals surface area contributed by atoms with E-state index in [0.29, 0.717) is 6.10 Å². The molecule has 1 atom stereocenters. The Bertz CT molecular complexity index is 407. The Kier molecular flexibility index (Phi) is 4.07. The van der Waals surface area contributed by atoms with Gasteiger partial charge in [-0.1, -0.05) is 37.8 Å². The molecule has 2 nitrogen and oxygen atoms in total. The molecule has 2 saturated carbocycles. The van der Waals surface area contributed by atoms with Gasteiger partial charge in [0.1, 0.15) is 5.75 Å². The minimum absolute atomic E-state index is 0.170. The molecule has 0 spiro atoms. The quantitative estimate of drug-likeness (QED) is 0.831. The topological polar surface area (TPSA) is 35.2 Å². The smallest absolute Gasteiger partial charge is 0.120 e. The molecule has 1 aromatic rings. The highest BCUT2D eigenvalue weighted by Gasteiger charge is 2.23. The van der Waals surface area contributed by atoms with Gasteiger partial charge in [0.15, 0.2) is 0 Å². The Morgan fingerprint density at radius 1 is 1.16 bits per heavy atom. The average Bonchev–Trinajstić information content (AvgIpc) is 3.08. The predicted octanol–water partition coefficient (Wildman–Crippen LogP) is 4.20. The van der Waals surface area contributed by atoms with Gasteiger partial charge in [-0.2, -0.15) is 0 Å². The molecule has 2 N–H and O–H groups in total. The summed E-state index contributed by atoms with van der Waals surface area (Å²) in [5.41, 5.74) is 7.57. The number of benzene rings is 1. The predicted molar refractivity (Wildman–Crippen MR) is 78.2 cm³/mol. The highest BCUT2D eigenvalue weighted by Crippen LogP contribution is 2.32. The van der Waals surface area contributed by atoms with Crippen LogP contribution in [0.2, 0.25) is 0 Å². The van der Waals surface area contributed by atoms with E-state index in [4.69, 9.17) is 10.5 Å². The molecule has 2 aliphatic carbocycles. The monoisotopic (exact) mass is 259 g/mol. The lowest BCUT2D eigenvalue weighted by atomic mass is 9.95. The van der Waals surface area contributed by atoms with Crippen LogP contribution in [0.15, 0.2) is 24.3 Å². The fraction of sp³-hybridized carbons (Fsp3) is 0.647. The molecule has 2 heteroatoms. The van der Waals surface area contributed by atoms with Crippen LogP contribution in [-0.2, 0) is 0 Å². The first kappa shape index (κ1) is 13.0. The fourth-order valence-electron chi connectivity index (χ4n) is 3.08. The Morgan fingerprint density at radius 2 is 1.95 bits per heavy atom. The largest absolute Gasteiger partial charge is 0.490 e. The first-order valence-corrected chi connectivity index (χ1v) is 7.83. The van der Waals surface area contributed by atoms with E-state index in [1.165, 1.54) is 50.5 Å². The molecule has 0 heterocycles. The molecule has 0 aromatic heterocycles. The van der Waals surface area contributed by atoms with E-state index in [2.05, 4.69) is 18.2 Å². The number of rotatable bonds is 6. The summed E-state index contributed by atoms with van der Waals surface area (Å²) in [5, 5.41) is 0. The maximum absolute atomic E-state index is 6.33. The van der Waals surface area contributed by atoms with Crippen molar-refractivity contribution in [3.8, 4) is 5.75 Å². The van der Waals surface area contributed by atoms with E-state index in [1.54, 1.807) is 0 Å². The third-order valence-corrected chi connectivity index (χ3v) is 4.47. The van der Waals surface area contributed by atoms with Crippen molar-refractivity contribution in [3.63, 3.8) is 0 Å². The van der Waals surface area contributed by atoms with Gasteiger partial charge in [-0.15, -0.1) is 0 Å². The molecule has 0 aliphatic heterocycles. The fourth-order valence-corrected chi connectivity index (χ4v) is 3.08. The summed E-state index contributed by atoms with van der Waals surface area (Å²) < 4.78 is 5.84. The van der Waals surface area contributed by atoms with Gasteiger partial charge in [-0.05, 0) is 49.3 Å². The van der Waals surface area contributed by atoms with Gasteiger partial charge in [0.2, 0.25) is 0 Å². The standard InChI is InChI=1S/C17H25NO/c18-17(11-8-13-4-1-2-5-13)14-6-3-7-16(12-14)19-15-9-10-15/h3,6-7,12-13,15,17H,1-2,4-5,8-11,18H2. The van der Waals surface area contributed by atoms with Crippen molar-refractivity contribution in [2.45, 2.75) is 63.5 Å². The lowest BCUT2D eigenvalue weighted by molar-refractivity contribution is 0.302. The van der Waals surface area contributed by atoms with Gasteiger partial charge in [-0.25, -0.2) is 0 Å². The van der Waals surface area contributed by atoms with Crippen LogP contribution in [-0.4, -0.2) is 6.10 Å². The van der Waals surface area contributed by atoms with Crippen LogP contribution in [0.4, 0.5) is 0 Å². The summed E-state index contributed by atoms with van der Waals surface area (Å²) in [4.78, 5) is 0. The Morgan fingerprint density at radius 3 is 2.68 bits per heavy atom. The van der Waals surface area contributed by atoms with E-state index in [0.717, 1.165) is 18.1 Å². The van der Waals surface area contributed by atoms with Gasteiger partial charge in [0.25, 0.3) is 0 Å². The van der Waals surface area contributed by atoms with Crippen LogP contribution in [0.25, 0.3) is 0 Å². The third-order valence-electron chi connectivity index (χ3n) is 4.47. The number of ether oxygens (including phenoxy) is 1. The van der Waals surface area contributed by atoms with E-state index in [1.807, 2.05) is 6.07 Å². The van der Waals surface area contributed by atoms with Crippen LogP contribution < -0.4 is 10.5 Å². The lowest BCUT2D eigenvalue weighted by Crippen LogP contribution is -2.12. The Hall–Kier alpha value is -1.02. The van der Waals surface area contributed by atoms with E-state index in [9.17, 15) is 0 Å². The van der Waals surface area contributed by atoms with Crippen molar-refractivity contribution in [2.24, 2.45) is 11.7 Å². The summed E-state index contributed by atoms with van der Waals surface area (Å²) in [6.45, 7) is 0. The first-order valence-electron chi connectivity index (χ1n) is 7.83. The normalized spacial score (nSPS) is 21.5. The zero-order valence-corrected chi connectivity index (χ0v) is 11.7. The van der Waals surface area contributed by atoms with Crippen LogP contribution >= 0.6 is 0 Å². The number of nitrogens with two attached hydrogens (primary N) is 1. The third kappa shape index (κ3) is 3.73. The number of hydrogen-bond acceptors (Lipinski definition) is 2. The second-order valence-electron chi connectivity index (χ2n) is 6.22. The molecule has 0 radical (unpaired) electrons. The van der Waals surface area contributed by atoms with Crippen LogP contribution in [0.3, 0.4) is 0 Å². The van der Waals surface area contributed by atoms with Gasteiger partial charge >= 0.3 is 0 Å². The summed E-state index contributed by atoms with van der Waals surface area (Å²) in [7, 11) is 0. The van der Waals surface area contributed by atoms with Crippen molar-refractivity contribution < 1.29 is 4.74 Å². The second-order valence-corrected chi connectivity index (χ2v) is 6.22. The zero-order chi connectivity index (χ0) is 13.1. The van der Waals surface area contributed by atoms with Crippen molar-refractivity contribution in [1.29, 1.82) is 0 Å². The minimum atomic E-state index is 0.170. The molecule has 1 aromatic carbocycles. The maximum Gasteiger partial charge on any atom is 0.120 e. The molecular weight excluding hydrogens is 234 g/mol. The van der Waals surface area contributed by atoms with Gasteiger partial charge in [-0.3, -0.25) is 0 Å². The first-order chi connectivity index (χ1) is 9.31. The van der Waals surface area contributed by atoms with E-state index in [-0.39, 0.29) is 6.04 Å². The van der Waals surface area contributed by atoms with Crippen molar-refractivity contribution >= 4 is 0 Å². The highest BCUT2D eigenvalue weighted by molar-refractivity contribution is 5.30. The van der Waals surface area contributed by atoms with Gasteiger partial charge in [0.05, 0.1) is 6.10 Å². The Labute approximate surface area is 116 Å². The van der Waals surface area contributed by atoms with Gasteiger partial charge < -0.3 is 10.5 Å². The minimum Gasteiger partial charge on any atom is -0.490 e. The summed E-state index contributed by atoms with van der Waals surface area (Å²) in [6, 6.07) is 8.56. The van der Waals surface area contributed by atoms with Crippen LogP contribution in [0.5, 0.6) is 5.75 Å². The molecule has 19 heavy (non-hydrogen) atoms. The molecule has 2 aliphatic rings. The SMILES string of the molecule is NC(CCC1CCCC1)c1cccc(OC2CC2)c1. The highest BCUT2D eigenvalue weighted by atomic mass is 16.5. The second kappa shape index (κ2) is 5.96. The molecule has 1 unspecified atom stereocenters. The molecule has 0 saturated heterocycles. The molecule has 104 valence electrons. The van der Waals surface area contributed by atoms with Crippen LogP contribution in [0.1, 0.15) is 63.0 Å². The average molecular weight is 259 g/mol. The van der Waals surface area contributed by atoms with Crippen molar-refractivity contribution in [1.82, 2.24) is 0 Å². The molecule has 2 fully saturated rings. The van der Waals surface area contributed by atoms with Crippen molar-refractivity contribution in [3.05, 3.63) is 29.8 Å². The number of hydrogen-bond donors (Lipinski definition) is 1. The molecule has 0 amide bonds. The zero-order valence-electron chi connectivity index (χ0n) is 11.7. The molecule has 0 bridgehead atoms.